The predicted molar refractivity (Wildman–Crippen MR) is 141 cm³/mol. The summed E-state index contributed by atoms with van der Waals surface area (Å²) in [5, 5.41) is 3.34. The molecule has 4 rings (SSSR count). The maximum atomic E-state index is 13.5. The summed E-state index contributed by atoms with van der Waals surface area (Å²) in [6, 6.07) is 26.1. The summed E-state index contributed by atoms with van der Waals surface area (Å²) in [6.45, 7) is 3.53. The highest BCUT2D eigenvalue weighted by Gasteiger charge is 2.43. The van der Waals surface area contributed by atoms with E-state index in [9.17, 15) is 9.59 Å². The van der Waals surface area contributed by atoms with Crippen molar-refractivity contribution in [2.45, 2.75) is 38.9 Å². The van der Waals surface area contributed by atoms with Crippen LogP contribution in [0.2, 0.25) is 0 Å². The SMILES string of the molecule is CCCOc1ccc(NC(=O)CC2C(=O)N(Cc3ccccc3)C(=S)N2Cc2ccccc2)cc1. The summed E-state index contributed by atoms with van der Waals surface area (Å²) >= 11 is 5.73. The third-order valence-electron chi connectivity index (χ3n) is 5.77. The second-order valence-corrected chi connectivity index (χ2v) is 8.81. The lowest BCUT2D eigenvalue weighted by Crippen LogP contribution is -2.37. The molecule has 2 amide bonds. The summed E-state index contributed by atoms with van der Waals surface area (Å²) in [5.41, 5.74) is 2.67. The lowest BCUT2D eigenvalue weighted by molar-refractivity contribution is -0.131. The van der Waals surface area contributed by atoms with Crippen LogP contribution in [-0.4, -0.2) is 39.4 Å². The molecule has 0 saturated carbocycles. The Morgan fingerprint density at radius 3 is 2.11 bits per heavy atom. The van der Waals surface area contributed by atoms with Crippen molar-refractivity contribution in [3.05, 3.63) is 96.1 Å². The van der Waals surface area contributed by atoms with Crippen LogP contribution in [0.5, 0.6) is 5.75 Å². The zero-order chi connectivity index (χ0) is 24.6. The Balaban J connectivity index is 1.48. The van der Waals surface area contributed by atoms with Crippen molar-refractivity contribution < 1.29 is 14.3 Å². The summed E-state index contributed by atoms with van der Waals surface area (Å²) in [7, 11) is 0. The Hall–Kier alpha value is -3.71. The van der Waals surface area contributed by atoms with Crippen molar-refractivity contribution in [2.24, 2.45) is 0 Å². The molecule has 180 valence electrons. The number of carbonyl (C=O) groups is 2. The van der Waals surface area contributed by atoms with Crippen molar-refractivity contribution >= 4 is 34.8 Å². The molecule has 1 heterocycles. The number of hydrogen-bond acceptors (Lipinski definition) is 4. The molecule has 1 fully saturated rings. The van der Waals surface area contributed by atoms with Gasteiger partial charge in [-0.2, -0.15) is 0 Å². The molecular weight excluding hydrogens is 458 g/mol. The quantitative estimate of drug-likeness (QED) is 0.408. The van der Waals surface area contributed by atoms with Gasteiger partial charge in [-0.1, -0.05) is 67.6 Å². The van der Waals surface area contributed by atoms with Crippen LogP contribution in [0.3, 0.4) is 0 Å². The van der Waals surface area contributed by atoms with Crippen LogP contribution in [0.1, 0.15) is 30.9 Å². The molecular formula is C28H29N3O3S. The smallest absolute Gasteiger partial charge is 0.252 e. The van der Waals surface area contributed by atoms with Gasteiger partial charge in [-0.3, -0.25) is 14.5 Å². The number of rotatable bonds is 10. The van der Waals surface area contributed by atoms with Gasteiger partial charge in [0.1, 0.15) is 11.8 Å². The van der Waals surface area contributed by atoms with Crippen LogP contribution in [0.25, 0.3) is 0 Å². The van der Waals surface area contributed by atoms with Gasteiger partial charge in [0.2, 0.25) is 5.91 Å². The van der Waals surface area contributed by atoms with Crippen LogP contribution < -0.4 is 10.1 Å². The van der Waals surface area contributed by atoms with Crippen molar-refractivity contribution in [1.82, 2.24) is 9.80 Å². The molecule has 7 heteroatoms. The average molecular weight is 488 g/mol. The Labute approximate surface area is 211 Å². The van der Waals surface area contributed by atoms with Crippen LogP contribution in [0.4, 0.5) is 5.69 Å². The number of thiocarbonyl (C=S) groups is 1. The first kappa shape index (κ1) is 24.4. The van der Waals surface area contributed by atoms with E-state index in [2.05, 4.69) is 5.32 Å². The first-order chi connectivity index (χ1) is 17.0. The molecule has 1 unspecified atom stereocenters. The fourth-order valence-corrected chi connectivity index (χ4v) is 4.35. The molecule has 35 heavy (non-hydrogen) atoms. The number of ether oxygens (including phenoxy) is 1. The minimum Gasteiger partial charge on any atom is -0.494 e. The van der Waals surface area contributed by atoms with Gasteiger partial charge in [-0.25, -0.2) is 0 Å². The molecule has 0 aromatic heterocycles. The molecule has 0 aliphatic carbocycles. The Bertz CT molecular complexity index is 1150. The lowest BCUT2D eigenvalue weighted by Gasteiger charge is -2.24. The second kappa shape index (κ2) is 11.6. The van der Waals surface area contributed by atoms with Crippen LogP contribution in [-0.2, 0) is 22.7 Å². The zero-order valence-electron chi connectivity index (χ0n) is 19.7. The fourth-order valence-electron chi connectivity index (χ4n) is 4.00. The van der Waals surface area contributed by atoms with Gasteiger partial charge < -0.3 is 15.0 Å². The van der Waals surface area contributed by atoms with E-state index in [1.54, 1.807) is 17.0 Å². The number of amides is 2. The van der Waals surface area contributed by atoms with Crippen LogP contribution >= 0.6 is 12.2 Å². The number of benzene rings is 3. The summed E-state index contributed by atoms with van der Waals surface area (Å²) in [6.07, 6.45) is 0.932. The van der Waals surface area contributed by atoms with Gasteiger partial charge in [-0.15, -0.1) is 0 Å². The minimum absolute atomic E-state index is 0.00514. The maximum absolute atomic E-state index is 13.5. The summed E-state index contributed by atoms with van der Waals surface area (Å²) in [4.78, 5) is 29.9. The molecule has 0 spiro atoms. The summed E-state index contributed by atoms with van der Waals surface area (Å²) < 4.78 is 5.60. The Kier molecular flexibility index (Phi) is 8.11. The van der Waals surface area contributed by atoms with E-state index in [0.29, 0.717) is 30.5 Å². The zero-order valence-corrected chi connectivity index (χ0v) is 20.5. The number of nitrogens with one attached hydrogen (secondary N) is 1. The molecule has 1 aliphatic rings. The van der Waals surface area contributed by atoms with E-state index in [1.807, 2.05) is 84.6 Å². The van der Waals surface area contributed by atoms with E-state index in [0.717, 1.165) is 23.3 Å². The first-order valence-electron chi connectivity index (χ1n) is 11.8. The molecule has 1 saturated heterocycles. The number of carbonyl (C=O) groups excluding carboxylic acids is 2. The van der Waals surface area contributed by atoms with Crippen LogP contribution in [0.15, 0.2) is 84.9 Å². The van der Waals surface area contributed by atoms with E-state index in [1.165, 1.54) is 0 Å². The largest absolute Gasteiger partial charge is 0.494 e. The molecule has 0 bridgehead atoms. The van der Waals surface area contributed by atoms with Crippen LogP contribution in [0, 0.1) is 0 Å². The number of nitrogens with zero attached hydrogens (tertiary/aromatic N) is 2. The predicted octanol–water partition coefficient (Wildman–Crippen LogP) is 5.00. The Morgan fingerprint density at radius 1 is 0.914 bits per heavy atom. The molecule has 1 aliphatic heterocycles. The molecule has 1 N–H and O–H groups in total. The van der Waals surface area contributed by atoms with Gasteiger partial charge in [0, 0.05) is 12.2 Å². The van der Waals surface area contributed by atoms with Gasteiger partial charge in [0.15, 0.2) is 5.11 Å². The summed E-state index contributed by atoms with van der Waals surface area (Å²) in [5.74, 6) is 0.355. The minimum atomic E-state index is -0.668. The monoisotopic (exact) mass is 487 g/mol. The molecule has 6 nitrogen and oxygen atoms in total. The van der Waals surface area contributed by atoms with E-state index >= 15 is 0 Å². The van der Waals surface area contributed by atoms with Gasteiger partial charge in [-0.05, 0) is 54.0 Å². The van der Waals surface area contributed by atoms with E-state index in [-0.39, 0.29) is 18.2 Å². The maximum Gasteiger partial charge on any atom is 0.252 e. The Morgan fingerprint density at radius 2 is 1.51 bits per heavy atom. The first-order valence-corrected chi connectivity index (χ1v) is 12.2. The molecule has 0 radical (unpaired) electrons. The van der Waals surface area contributed by atoms with Crippen molar-refractivity contribution in [2.75, 3.05) is 11.9 Å². The van der Waals surface area contributed by atoms with Crippen molar-refractivity contribution in [3.8, 4) is 5.75 Å². The molecule has 3 aromatic carbocycles. The van der Waals surface area contributed by atoms with E-state index < -0.39 is 6.04 Å². The number of hydrogen-bond donors (Lipinski definition) is 1. The third kappa shape index (κ3) is 6.25. The third-order valence-corrected chi connectivity index (χ3v) is 6.23. The van der Waals surface area contributed by atoms with Gasteiger partial charge in [0.05, 0.1) is 19.6 Å². The topological polar surface area (TPSA) is 61.9 Å². The van der Waals surface area contributed by atoms with Gasteiger partial charge in [0.25, 0.3) is 5.91 Å². The normalized spacial score (nSPS) is 15.4. The molecule has 3 aromatic rings. The fraction of sp³-hybridized carbons (Fsp3) is 0.250. The average Bonchev–Trinajstić information content (AvgIpc) is 3.09. The van der Waals surface area contributed by atoms with Crippen molar-refractivity contribution in [3.63, 3.8) is 0 Å². The van der Waals surface area contributed by atoms with Crippen molar-refractivity contribution in [1.29, 1.82) is 0 Å². The van der Waals surface area contributed by atoms with E-state index in [4.69, 9.17) is 17.0 Å². The highest BCUT2D eigenvalue weighted by molar-refractivity contribution is 7.80. The van der Waals surface area contributed by atoms with Gasteiger partial charge >= 0.3 is 0 Å². The lowest BCUT2D eigenvalue weighted by atomic mass is 10.1. The number of anilines is 1. The highest BCUT2D eigenvalue weighted by atomic mass is 32.1. The standard InChI is InChI=1S/C28H29N3O3S/c1-2-17-34-24-15-13-23(14-16-24)29-26(32)18-25-27(33)31(20-22-11-7-4-8-12-22)28(35)30(25)19-21-9-5-3-6-10-21/h3-16,25H,2,17-20H2,1H3,(H,29,32). The second-order valence-electron chi connectivity index (χ2n) is 8.45. The highest BCUT2D eigenvalue weighted by Crippen LogP contribution is 2.26. The molecule has 1 atom stereocenters.